The van der Waals surface area contributed by atoms with Crippen LogP contribution < -0.4 is 14.2 Å². The van der Waals surface area contributed by atoms with Crippen molar-refractivity contribution in [2.45, 2.75) is 57.7 Å². The maximum atomic E-state index is 11.9. The van der Waals surface area contributed by atoms with E-state index in [0.29, 0.717) is 43.2 Å². The second-order valence-electron chi connectivity index (χ2n) is 11.9. The van der Waals surface area contributed by atoms with Gasteiger partial charge in [-0.3, -0.25) is 4.79 Å². The minimum Gasteiger partial charge on any atom is -0.492 e. The lowest BCUT2D eigenvalue weighted by Gasteiger charge is -2.21. The molecule has 1 unspecified atom stereocenters. The maximum Gasteiger partial charge on any atom is 0.306 e. The number of nitriles is 1. The molecule has 0 amide bonds. The van der Waals surface area contributed by atoms with Crippen LogP contribution in [0.3, 0.4) is 0 Å². The lowest BCUT2D eigenvalue weighted by Crippen LogP contribution is -2.29. The molecule has 0 saturated carbocycles. The molecule has 1 saturated heterocycles. The van der Waals surface area contributed by atoms with Crippen LogP contribution in [0.4, 0.5) is 0 Å². The van der Waals surface area contributed by atoms with Gasteiger partial charge < -0.3 is 18.9 Å². The third-order valence-electron chi connectivity index (χ3n) is 8.89. The van der Waals surface area contributed by atoms with Crippen LogP contribution in [0.15, 0.2) is 42.5 Å². The van der Waals surface area contributed by atoms with Gasteiger partial charge in [0.1, 0.15) is 29.5 Å². The first-order valence-corrected chi connectivity index (χ1v) is 16.7. The highest BCUT2D eigenvalue weighted by Crippen LogP contribution is 2.45. The van der Waals surface area contributed by atoms with Crippen LogP contribution in [0.1, 0.15) is 64.7 Å². The quantitative estimate of drug-likeness (QED) is 0.311. The number of carbonyl (C=O) groups is 1. The summed E-state index contributed by atoms with van der Waals surface area (Å²) in [6.07, 6.45) is 3.31. The minimum absolute atomic E-state index is 0.0331. The molecular formula is C34H36N2O7S. The van der Waals surface area contributed by atoms with Gasteiger partial charge in [-0.25, -0.2) is 8.42 Å². The number of nitrogens with zero attached hydrogens (tertiary/aromatic N) is 2. The van der Waals surface area contributed by atoms with Gasteiger partial charge in [-0.1, -0.05) is 12.1 Å². The van der Waals surface area contributed by atoms with Crippen molar-refractivity contribution in [1.29, 1.82) is 5.26 Å². The van der Waals surface area contributed by atoms with Gasteiger partial charge in [0.05, 0.1) is 44.6 Å². The monoisotopic (exact) mass is 616 g/mol. The summed E-state index contributed by atoms with van der Waals surface area (Å²) < 4.78 is 48.7. The van der Waals surface area contributed by atoms with Gasteiger partial charge in [0.15, 0.2) is 0 Å². The van der Waals surface area contributed by atoms with Crippen LogP contribution in [0.25, 0.3) is 11.1 Å². The number of rotatable bonds is 8. The van der Waals surface area contributed by atoms with Gasteiger partial charge in [-0.2, -0.15) is 9.57 Å². The predicted octanol–water partition coefficient (Wildman–Crippen LogP) is 5.36. The van der Waals surface area contributed by atoms with Crippen molar-refractivity contribution in [3.8, 4) is 34.4 Å². The highest BCUT2D eigenvalue weighted by Gasteiger charge is 2.33. The van der Waals surface area contributed by atoms with Crippen molar-refractivity contribution in [1.82, 2.24) is 4.31 Å². The summed E-state index contributed by atoms with van der Waals surface area (Å²) in [4.78, 5) is 11.8. The molecule has 9 nitrogen and oxygen atoms in total. The van der Waals surface area contributed by atoms with Crippen LogP contribution in [-0.2, 0) is 26.0 Å². The molecule has 2 heterocycles. The normalized spacial score (nSPS) is 20.8. The Morgan fingerprint density at radius 2 is 1.77 bits per heavy atom. The van der Waals surface area contributed by atoms with Crippen LogP contribution in [0.5, 0.6) is 17.2 Å². The number of carbonyl (C=O) groups excluding carboxylic acids is 1. The highest BCUT2D eigenvalue weighted by molar-refractivity contribution is 7.88. The average molecular weight is 617 g/mol. The number of methoxy groups -OCH3 is 1. The standard InChI is InChI=1S/C34H36N2O7S/c1-20-13-26(42-25-11-12-36(18-25)44(4,38)39)14-21(2)33(20)34-22(17-35)5-7-28-29(34)9-10-30(28)43-24-6-8-27-23(15-32(37)40-3)19-41-31(27)16-24/h5-8,13-14,16,23,25,30H,9-12,15,18-19H2,1-4H3/t23-,25-,30?/m1/s1. The predicted molar refractivity (Wildman–Crippen MR) is 165 cm³/mol. The third-order valence-corrected chi connectivity index (χ3v) is 10.2. The van der Waals surface area contributed by atoms with Crippen LogP contribution in [0.2, 0.25) is 0 Å². The molecule has 230 valence electrons. The van der Waals surface area contributed by atoms with Crippen molar-refractivity contribution in [2.24, 2.45) is 0 Å². The number of ether oxygens (including phenoxy) is 4. The summed E-state index contributed by atoms with van der Waals surface area (Å²) in [5, 5.41) is 10.1. The number of sulfonamides is 1. The number of fused-ring (bicyclic) bond motifs is 2. The van der Waals surface area contributed by atoms with Crippen LogP contribution in [0, 0.1) is 25.2 Å². The number of benzene rings is 3. The SMILES string of the molecule is COC(=O)C[C@@H]1COc2cc(OC3CCc4c3ccc(C#N)c4-c3c(C)cc(O[C@@H]4CCN(S(C)(=O)=O)C4)cc3C)ccc21. The molecule has 44 heavy (non-hydrogen) atoms. The molecular weight excluding hydrogens is 580 g/mol. The van der Waals surface area contributed by atoms with Gasteiger partial charge in [0, 0.05) is 29.7 Å². The number of aryl methyl sites for hydroxylation is 2. The zero-order valence-corrected chi connectivity index (χ0v) is 26.2. The third kappa shape index (κ3) is 5.74. The topological polar surface area (TPSA) is 115 Å². The Kier molecular flexibility index (Phi) is 8.03. The Balaban J connectivity index is 1.25. The van der Waals surface area contributed by atoms with E-state index in [0.717, 1.165) is 57.5 Å². The second-order valence-corrected chi connectivity index (χ2v) is 13.9. The molecule has 3 aromatic carbocycles. The first-order chi connectivity index (χ1) is 21.0. The molecule has 3 aromatic rings. The van der Waals surface area contributed by atoms with Gasteiger partial charge in [0.25, 0.3) is 0 Å². The molecule has 0 bridgehead atoms. The first-order valence-electron chi connectivity index (χ1n) is 14.8. The fraction of sp³-hybridized carbons (Fsp3) is 0.412. The summed E-state index contributed by atoms with van der Waals surface area (Å²) in [5.41, 5.74) is 7.71. The fourth-order valence-corrected chi connectivity index (χ4v) is 7.66. The maximum absolute atomic E-state index is 11.9. The molecule has 3 aliphatic rings. The Hall–Kier alpha value is -4.07. The lowest BCUT2D eigenvalue weighted by atomic mass is 9.87. The summed E-state index contributed by atoms with van der Waals surface area (Å²) in [5.74, 6) is 1.83. The highest BCUT2D eigenvalue weighted by atomic mass is 32.2. The summed E-state index contributed by atoms with van der Waals surface area (Å²) in [6, 6.07) is 16.0. The van der Waals surface area contributed by atoms with Gasteiger partial charge >= 0.3 is 5.97 Å². The fourth-order valence-electron chi connectivity index (χ4n) is 6.79. The molecule has 0 aromatic heterocycles. The molecule has 1 fully saturated rings. The van der Waals surface area contributed by atoms with Crippen molar-refractivity contribution < 1.29 is 32.2 Å². The van der Waals surface area contributed by atoms with E-state index in [2.05, 4.69) is 6.07 Å². The largest absolute Gasteiger partial charge is 0.492 e. The van der Waals surface area contributed by atoms with E-state index in [4.69, 9.17) is 18.9 Å². The molecule has 6 rings (SSSR count). The summed E-state index contributed by atoms with van der Waals surface area (Å²) in [6.45, 7) is 5.28. The van der Waals surface area contributed by atoms with E-state index in [-0.39, 0.29) is 30.5 Å². The molecule has 1 aliphatic carbocycles. The van der Waals surface area contributed by atoms with Gasteiger partial charge in [-0.15, -0.1) is 0 Å². The zero-order chi connectivity index (χ0) is 31.2. The summed E-state index contributed by atoms with van der Waals surface area (Å²) in [7, 11) is -1.85. The smallest absolute Gasteiger partial charge is 0.306 e. The van der Waals surface area contributed by atoms with Gasteiger partial charge in [0.2, 0.25) is 10.0 Å². The van der Waals surface area contributed by atoms with Crippen molar-refractivity contribution in [3.05, 3.63) is 75.8 Å². The van der Waals surface area contributed by atoms with Crippen molar-refractivity contribution in [3.63, 3.8) is 0 Å². The zero-order valence-electron chi connectivity index (χ0n) is 25.4. The molecule has 0 N–H and O–H groups in total. The average Bonchev–Trinajstić information content (AvgIpc) is 3.72. The summed E-state index contributed by atoms with van der Waals surface area (Å²) >= 11 is 0. The van der Waals surface area contributed by atoms with E-state index < -0.39 is 10.0 Å². The van der Waals surface area contributed by atoms with E-state index >= 15 is 0 Å². The Labute approximate surface area is 258 Å². The second kappa shape index (κ2) is 11.8. The first kappa shape index (κ1) is 30.0. The number of hydrogen-bond acceptors (Lipinski definition) is 8. The van der Waals surface area contributed by atoms with Crippen molar-refractivity contribution in [2.75, 3.05) is 33.1 Å². The number of hydrogen-bond donors (Lipinski definition) is 0. The van der Waals surface area contributed by atoms with Crippen LogP contribution in [-0.4, -0.2) is 57.9 Å². The Morgan fingerprint density at radius 1 is 1.02 bits per heavy atom. The van der Waals surface area contributed by atoms with E-state index in [1.807, 2.05) is 56.3 Å². The van der Waals surface area contributed by atoms with Crippen molar-refractivity contribution >= 4 is 16.0 Å². The molecule has 0 spiro atoms. The minimum atomic E-state index is -3.24. The van der Waals surface area contributed by atoms with E-state index in [1.54, 1.807) is 0 Å². The molecule has 10 heteroatoms. The molecule has 2 aliphatic heterocycles. The van der Waals surface area contributed by atoms with E-state index in [9.17, 15) is 18.5 Å². The molecule has 3 atom stereocenters. The van der Waals surface area contributed by atoms with E-state index in [1.165, 1.54) is 17.7 Å². The Morgan fingerprint density at radius 3 is 2.45 bits per heavy atom. The molecule has 0 radical (unpaired) electrons. The van der Waals surface area contributed by atoms with Crippen LogP contribution >= 0.6 is 0 Å². The lowest BCUT2D eigenvalue weighted by molar-refractivity contribution is -0.141. The number of esters is 1. The van der Waals surface area contributed by atoms with Gasteiger partial charge in [-0.05, 0) is 85.2 Å². The Bertz CT molecular complexity index is 1760.